The van der Waals surface area contributed by atoms with Gasteiger partial charge in [-0.15, -0.1) is 0 Å². The maximum absolute atomic E-state index is 14.8. The lowest BCUT2D eigenvalue weighted by molar-refractivity contribution is -0.137. The van der Waals surface area contributed by atoms with Crippen molar-refractivity contribution >= 4 is 79.0 Å². The van der Waals surface area contributed by atoms with Gasteiger partial charge in [0, 0.05) is 50.5 Å². The summed E-state index contributed by atoms with van der Waals surface area (Å²) in [5.41, 5.74) is 22.3. The Balaban J connectivity index is 0.984. The van der Waals surface area contributed by atoms with Crippen LogP contribution >= 0.6 is 0 Å². The highest BCUT2D eigenvalue weighted by Crippen LogP contribution is 2.50. The molecule has 0 saturated heterocycles. The van der Waals surface area contributed by atoms with E-state index in [0.29, 0.717) is 11.3 Å². The number of alkyl halides is 3. The van der Waals surface area contributed by atoms with Gasteiger partial charge in [0.1, 0.15) is 0 Å². The molecule has 0 spiro atoms. The van der Waals surface area contributed by atoms with E-state index in [-0.39, 0.29) is 23.4 Å². The monoisotopic (exact) mass is 1160 g/mol. The third-order valence-electron chi connectivity index (χ3n) is 17.7. The summed E-state index contributed by atoms with van der Waals surface area (Å²) in [7, 11) is 0. The topological polar surface area (TPSA) is 59.0 Å². The second-order valence-corrected chi connectivity index (χ2v) is 23.0. The van der Waals surface area contributed by atoms with E-state index in [0.717, 1.165) is 129 Å². The molecule has 0 fully saturated rings. The lowest BCUT2D eigenvalue weighted by Gasteiger charge is -2.44. The van der Waals surface area contributed by atoms with Crippen LogP contribution in [0.3, 0.4) is 0 Å². The van der Waals surface area contributed by atoms with E-state index in [1.807, 2.05) is 22.8 Å². The minimum Gasteiger partial charge on any atom is -0.311 e. The van der Waals surface area contributed by atoms with Gasteiger partial charge < -0.3 is 14.4 Å². The minimum absolute atomic E-state index is 0.167. The smallest absolute Gasteiger partial charge is 0.311 e. The van der Waals surface area contributed by atoms with Crippen LogP contribution in [-0.2, 0) is 6.18 Å². The number of hydrogen-bond acceptors (Lipinski definition) is 4. The molecule has 2 aliphatic heterocycles. The predicted molar refractivity (Wildman–Crippen MR) is 362 cm³/mol. The van der Waals surface area contributed by atoms with E-state index in [2.05, 4.69) is 265 Å². The van der Waals surface area contributed by atoms with Gasteiger partial charge in [0.2, 0.25) is 0 Å². The second kappa shape index (κ2) is 21.5. The van der Waals surface area contributed by atoms with Gasteiger partial charge in [-0.2, -0.15) is 23.7 Å². The summed E-state index contributed by atoms with van der Waals surface area (Å²) in [5, 5.41) is 21.9. The average Bonchev–Trinajstić information content (AvgIpc) is 0.759. The first-order chi connectivity index (χ1) is 44.1. The summed E-state index contributed by atoms with van der Waals surface area (Å²) < 4.78 is 46.3. The molecule has 422 valence electrons. The van der Waals surface area contributed by atoms with E-state index in [1.54, 1.807) is 12.1 Å². The zero-order valence-electron chi connectivity index (χ0n) is 48.2. The van der Waals surface area contributed by atoms with Crippen molar-refractivity contribution in [2.24, 2.45) is 0 Å². The maximum atomic E-state index is 14.8. The van der Waals surface area contributed by atoms with E-state index in [9.17, 15) is 23.7 Å². The van der Waals surface area contributed by atoms with Gasteiger partial charge in [0.05, 0.1) is 45.5 Å². The number of halogens is 3. The van der Waals surface area contributed by atoms with Crippen molar-refractivity contribution in [3.05, 3.63) is 314 Å². The molecule has 0 unspecified atom stereocenters. The number of nitriles is 2. The van der Waals surface area contributed by atoms with Crippen LogP contribution in [0.15, 0.2) is 297 Å². The lowest BCUT2D eigenvalue weighted by Crippen LogP contribution is -2.61. The Morgan fingerprint density at radius 1 is 0.311 bits per heavy atom. The van der Waals surface area contributed by atoms with Crippen LogP contribution in [0.1, 0.15) is 16.7 Å². The van der Waals surface area contributed by atoms with Crippen molar-refractivity contribution < 1.29 is 13.2 Å². The number of fused-ring (bicyclic) bond motifs is 7. The third kappa shape index (κ3) is 9.10. The summed E-state index contributed by atoms with van der Waals surface area (Å²) in [4.78, 5) is 4.93. The van der Waals surface area contributed by atoms with Crippen LogP contribution < -0.4 is 26.2 Å². The lowest BCUT2D eigenvalue weighted by atomic mass is 9.33. The Morgan fingerprint density at radius 3 is 1.22 bits per heavy atom. The fourth-order valence-electron chi connectivity index (χ4n) is 13.8. The summed E-state index contributed by atoms with van der Waals surface area (Å²) in [6.07, 6.45) is -4.67. The maximum Gasteiger partial charge on any atom is 0.416 e. The normalized spacial score (nSPS) is 12.3. The Labute approximate surface area is 519 Å². The number of aromatic nitrogens is 1. The minimum atomic E-state index is -4.67. The summed E-state index contributed by atoms with van der Waals surface area (Å²) in [5.74, 6) is 0. The first-order valence-corrected chi connectivity index (χ1v) is 29.8. The van der Waals surface area contributed by atoms with Crippen molar-refractivity contribution in [2.75, 3.05) is 9.80 Å². The zero-order chi connectivity index (χ0) is 60.6. The molecule has 0 saturated carbocycles. The van der Waals surface area contributed by atoms with E-state index < -0.39 is 11.7 Å². The fourth-order valence-corrected chi connectivity index (χ4v) is 13.8. The first-order valence-electron chi connectivity index (χ1n) is 29.8. The van der Waals surface area contributed by atoms with Gasteiger partial charge in [0.25, 0.3) is 6.71 Å². The third-order valence-corrected chi connectivity index (χ3v) is 17.7. The highest BCUT2D eigenvalue weighted by atomic mass is 19.4. The number of nitrogens with zero attached hydrogens (tertiary/aromatic N) is 5. The number of hydrogen-bond donors (Lipinski definition) is 0. The average molecular weight is 1160 g/mol. The Bertz CT molecular complexity index is 4930. The van der Waals surface area contributed by atoms with E-state index in [1.165, 1.54) is 23.1 Å². The quantitative estimate of drug-likeness (QED) is 0.135. The SMILES string of the molecule is N#Cc1cc(C#N)cc(-c2cc(C(F)(F)F)ccc2-n2c3ccccc3c3cc(-c4cc5c6c(c4)N(c4cc(-c7ccccc7)cc(-c7ccccc7)c4)c4ccccc4B6c4ccccc4N5c4cc(-c5ccccc5)cc(-c5ccccc5)c4)ccc32)c1. The number of anilines is 6. The summed E-state index contributed by atoms with van der Waals surface area (Å²) in [6.45, 7) is -0.169. The van der Waals surface area contributed by atoms with E-state index in [4.69, 9.17) is 0 Å². The van der Waals surface area contributed by atoms with Crippen molar-refractivity contribution in [1.29, 1.82) is 10.5 Å². The number of rotatable bonds is 9. The van der Waals surface area contributed by atoms with Crippen LogP contribution in [0, 0.1) is 22.7 Å². The van der Waals surface area contributed by atoms with Gasteiger partial charge in [-0.05, 0) is 193 Å². The molecule has 14 aromatic rings. The molecule has 0 N–H and O–H groups in total. The number of para-hydroxylation sites is 3. The van der Waals surface area contributed by atoms with Gasteiger partial charge in [-0.1, -0.05) is 182 Å². The Hall–Kier alpha value is -11.9. The molecule has 0 radical (unpaired) electrons. The molecule has 5 nitrogen and oxygen atoms in total. The fraction of sp³-hybridized carbons (Fsp3) is 0.0123. The van der Waals surface area contributed by atoms with Crippen molar-refractivity contribution in [3.63, 3.8) is 0 Å². The first kappa shape index (κ1) is 53.6. The molecule has 13 aromatic carbocycles. The van der Waals surface area contributed by atoms with Gasteiger partial charge in [-0.25, -0.2) is 0 Å². The van der Waals surface area contributed by atoms with E-state index >= 15 is 0 Å². The molecular weight excluding hydrogens is 1110 g/mol. The second-order valence-electron chi connectivity index (χ2n) is 23.0. The highest BCUT2D eigenvalue weighted by molar-refractivity contribution is 7.00. The van der Waals surface area contributed by atoms with Gasteiger partial charge >= 0.3 is 6.18 Å². The standard InChI is InChI=1S/C81H49BF3N5/c83-81(84,85)65-34-36-74(69(49-65)64-38-52(50-86)37-53(39-64)51-87)90-73-30-16-13-27-68(73)70-46-58(33-35-75(70)90)63-47-78-80-79(48-63)89(67-44-61(56-23-9-3-10-24-56)41-62(45-67)57-25-11-4-12-26-57)77-32-18-15-29-72(77)82(80)71-28-14-17-31-76(71)88(78)66-42-59(54-19-5-1-6-20-54)40-60(43-66)55-21-7-2-8-22-55/h1-49H. The Morgan fingerprint density at radius 2 is 0.744 bits per heavy atom. The van der Waals surface area contributed by atoms with Crippen LogP contribution in [0.25, 0.3) is 94.3 Å². The largest absolute Gasteiger partial charge is 0.416 e. The van der Waals surface area contributed by atoms with Gasteiger partial charge in [0.15, 0.2) is 0 Å². The zero-order valence-corrected chi connectivity index (χ0v) is 48.2. The summed E-state index contributed by atoms with van der Waals surface area (Å²) >= 11 is 0. The number of benzene rings is 13. The molecule has 0 bridgehead atoms. The molecule has 16 rings (SSSR count). The molecular formula is C81H49BF3N5. The van der Waals surface area contributed by atoms with Crippen molar-refractivity contribution in [1.82, 2.24) is 4.57 Å². The van der Waals surface area contributed by atoms with Crippen LogP contribution in [0.5, 0.6) is 0 Å². The molecule has 0 amide bonds. The van der Waals surface area contributed by atoms with Crippen LogP contribution in [0.2, 0.25) is 0 Å². The molecule has 0 atom stereocenters. The van der Waals surface area contributed by atoms with Crippen molar-refractivity contribution in [3.8, 4) is 84.6 Å². The van der Waals surface area contributed by atoms with Crippen molar-refractivity contribution in [2.45, 2.75) is 6.18 Å². The summed E-state index contributed by atoms with van der Waals surface area (Å²) in [6, 6.07) is 105. The highest BCUT2D eigenvalue weighted by Gasteiger charge is 2.44. The molecule has 3 heterocycles. The van der Waals surface area contributed by atoms with Crippen LogP contribution in [0.4, 0.5) is 47.3 Å². The molecule has 1 aromatic heterocycles. The molecule has 2 aliphatic rings. The van der Waals surface area contributed by atoms with Crippen LogP contribution in [-0.4, -0.2) is 11.3 Å². The predicted octanol–water partition coefficient (Wildman–Crippen LogP) is 19.6. The Kier molecular flexibility index (Phi) is 12.8. The molecule has 90 heavy (non-hydrogen) atoms. The van der Waals surface area contributed by atoms with Gasteiger partial charge in [-0.3, -0.25) is 0 Å². The molecule has 0 aliphatic carbocycles. The molecule has 9 heteroatoms.